The van der Waals surface area contributed by atoms with Crippen LogP contribution in [0.4, 0.5) is 5.69 Å². The minimum Gasteiger partial charge on any atom is -0.494 e. The summed E-state index contributed by atoms with van der Waals surface area (Å²) >= 11 is 0. The summed E-state index contributed by atoms with van der Waals surface area (Å²) < 4.78 is 5.75. The monoisotopic (exact) mass is 379 g/mol. The highest BCUT2D eigenvalue weighted by Crippen LogP contribution is 2.43. The van der Waals surface area contributed by atoms with Gasteiger partial charge in [-0.1, -0.05) is 31.0 Å². The van der Waals surface area contributed by atoms with Gasteiger partial charge in [0.2, 0.25) is 0 Å². The van der Waals surface area contributed by atoms with Gasteiger partial charge in [-0.3, -0.25) is 4.79 Å². The number of rotatable bonds is 5. The first-order valence-electron chi connectivity index (χ1n) is 10.6. The zero-order chi connectivity index (χ0) is 19.7. The topological polar surface area (TPSA) is 34.0 Å². The maximum atomic E-state index is 13.5. The van der Waals surface area contributed by atoms with Gasteiger partial charge in [0, 0.05) is 17.7 Å². The molecule has 1 saturated heterocycles. The van der Waals surface area contributed by atoms with Crippen LogP contribution in [0.5, 0.6) is 5.75 Å². The van der Waals surface area contributed by atoms with Crippen molar-refractivity contribution in [3.63, 3.8) is 0 Å². The number of anilines is 1. The van der Waals surface area contributed by atoms with Gasteiger partial charge in [0.25, 0.3) is 5.91 Å². The van der Waals surface area contributed by atoms with Crippen LogP contribution in [0.25, 0.3) is 0 Å². The van der Waals surface area contributed by atoms with Crippen LogP contribution in [0.3, 0.4) is 0 Å². The number of piperidine rings is 1. The van der Waals surface area contributed by atoms with Crippen molar-refractivity contribution in [2.24, 2.45) is 0 Å². The molecule has 0 spiro atoms. The molecule has 4 nitrogen and oxygen atoms in total. The molecule has 1 unspecified atom stereocenters. The van der Waals surface area contributed by atoms with Crippen LogP contribution < -0.4 is 14.5 Å². The zero-order valence-electron chi connectivity index (χ0n) is 17.2. The number of nitrogens with one attached hydrogen (secondary N) is 1. The molecule has 0 radical (unpaired) electrons. The number of hydrogen-bond donors (Lipinski definition) is 1. The molecule has 1 fully saturated rings. The lowest BCUT2D eigenvalue weighted by molar-refractivity contribution is -0.886. The summed E-state index contributed by atoms with van der Waals surface area (Å²) in [6.07, 6.45) is 3.21. The van der Waals surface area contributed by atoms with Crippen molar-refractivity contribution in [2.75, 3.05) is 31.6 Å². The second kappa shape index (κ2) is 7.96. The molecule has 3 atom stereocenters. The van der Waals surface area contributed by atoms with E-state index in [-0.39, 0.29) is 11.9 Å². The minimum atomic E-state index is 0.109. The van der Waals surface area contributed by atoms with Crippen molar-refractivity contribution in [2.45, 2.75) is 45.1 Å². The van der Waals surface area contributed by atoms with E-state index in [1.807, 2.05) is 24.3 Å². The molecule has 4 rings (SSSR count). The predicted octanol–water partition coefficient (Wildman–Crippen LogP) is 3.20. The van der Waals surface area contributed by atoms with E-state index in [2.05, 4.69) is 44.0 Å². The molecule has 2 aromatic carbocycles. The number of likely N-dealkylation sites (tertiary alicyclic amines) is 1. The Morgan fingerprint density at radius 2 is 2.00 bits per heavy atom. The van der Waals surface area contributed by atoms with E-state index in [4.69, 9.17) is 4.74 Å². The Labute approximate surface area is 168 Å². The minimum absolute atomic E-state index is 0.109. The van der Waals surface area contributed by atoms with Gasteiger partial charge in [0.05, 0.1) is 38.7 Å². The van der Waals surface area contributed by atoms with Crippen LogP contribution in [-0.4, -0.2) is 38.7 Å². The molecule has 0 bridgehead atoms. The summed E-state index contributed by atoms with van der Waals surface area (Å²) in [5, 5.41) is 0. The Hall–Kier alpha value is -2.33. The van der Waals surface area contributed by atoms with Gasteiger partial charge in [-0.25, -0.2) is 0 Å². The largest absolute Gasteiger partial charge is 0.494 e. The van der Waals surface area contributed by atoms with E-state index in [9.17, 15) is 4.79 Å². The van der Waals surface area contributed by atoms with Crippen LogP contribution in [-0.2, 0) is 0 Å². The Bertz CT molecular complexity index is 846. The van der Waals surface area contributed by atoms with Gasteiger partial charge in [0.1, 0.15) is 5.75 Å². The lowest BCUT2D eigenvalue weighted by atomic mass is 9.88. The van der Waals surface area contributed by atoms with E-state index in [0.717, 1.165) is 56.0 Å². The van der Waals surface area contributed by atoms with Crippen molar-refractivity contribution in [3.8, 4) is 5.75 Å². The molecule has 2 heterocycles. The second-order valence-corrected chi connectivity index (χ2v) is 8.34. The summed E-state index contributed by atoms with van der Waals surface area (Å²) in [5.41, 5.74) is 4.45. The van der Waals surface area contributed by atoms with E-state index < -0.39 is 0 Å². The number of benzene rings is 2. The number of amides is 1. The Kier molecular flexibility index (Phi) is 5.40. The van der Waals surface area contributed by atoms with Gasteiger partial charge in [0.15, 0.2) is 0 Å². The van der Waals surface area contributed by atoms with Crippen molar-refractivity contribution in [3.05, 3.63) is 59.2 Å². The molecule has 148 valence electrons. The molecule has 0 aromatic heterocycles. The quantitative estimate of drug-likeness (QED) is 0.810. The lowest BCUT2D eigenvalue weighted by Gasteiger charge is -2.34. The van der Waals surface area contributed by atoms with E-state index in [1.54, 1.807) is 4.90 Å². The first-order valence-corrected chi connectivity index (χ1v) is 10.6. The average molecular weight is 380 g/mol. The third-order valence-corrected chi connectivity index (χ3v) is 6.16. The van der Waals surface area contributed by atoms with Crippen LogP contribution >= 0.6 is 0 Å². The van der Waals surface area contributed by atoms with Crippen molar-refractivity contribution < 1.29 is 14.4 Å². The number of carbonyl (C=O) groups excluding carboxylic acids is 1. The first-order chi connectivity index (χ1) is 13.6. The van der Waals surface area contributed by atoms with Gasteiger partial charge in [-0.2, -0.15) is 0 Å². The zero-order valence-corrected chi connectivity index (χ0v) is 17.2. The SMILES string of the molecule is CCCCOc1ccc(C(=O)N2c3ccc(C)cc3[C@H]3C[NH+](C)CC[C@@H]32)cc1. The van der Waals surface area contributed by atoms with Crippen molar-refractivity contribution in [1.29, 1.82) is 0 Å². The maximum Gasteiger partial charge on any atom is 0.258 e. The summed E-state index contributed by atoms with van der Waals surface area (Å²) in [6.45, 7) is 7.22. The Balaban J connectivity index is 1.60. The third kappa shape index (κ3) is 3.53. The van der Waals surface area contributed by atoms with Gasteiger partial charge >= 0.3 is 0 Å². The van der Waals surface area contributed by atoms with Crippen molar-refractivity contribution in [1.82, 2.24) is 0 Å². The van der Waals surface area contributed by atoms with Crippen molar-refractivity contribution >= 4 is 11.6 Å². The summed E-state index contributed by atoms with van der Waals surface area (Å²) in [6, 6.07) is 14.5. The highest BCUT2D eigenvalue weighted by molar-refractivity contribution is 6.08. The van der Waals surface area contributed by atoms with Crippen LogP contribution in [0.2, 0.25) is 0 Å². The molecule has 0 aliphatic carbocycles. The highest BCUT2D eigenvalue weighted by atomic mass is 16.5. The molecule has 4 heteroatoms. The normalized spacial score (nSPS) is 23.2. The van der Waals surface area contributed by atoms with E-state index in [1.165, 1.54) is 11.1 Å². The maximum absolute atomic E-state index is 13.5. The van der Waals surface area contributed by atoms with E-state index >= 15 is 0 Å². The molecule has 1 N–H and O–H groups in total. The number of aryl methyl sites for hydroxylation is 1. The highest BCUT2D eigenvalue weighted by Gasteiger charge is 2.45. The van der Waals surface area contributed by atoms with Crippen LogP contribution in [0.15, 0.2) is 42.5 Å². The van der Waals surface area contributed by atoms with Crippen LogP contribution in [0, 0.1) is 6.92 Å². The number of likely N-dealkylation sites (N-methyl/N-ethyl adjacent to an activating group) is 1. The molecule has 0 saturated carbocycles. The molecule has 2 aliphatic rings. The number of quaternary nitrogens is 1. The standard InChI is InChI=1S/C24H30N2O2/c1-4-5-14-28-19-9-7-18(8-10-19)24(27)26-22-11-6-17(2)15-20(22)21-16-25(3)13-12-23(21)26/h6-11,15,21,23H,4-5,12-14,16H2,1-3H3/p+1/t21-,23+/m1/s1. The fraction of sp³-hybridized carbons (Fsp3) is 0.458. The van der Waals surface area contributed by atoms with E-state index in [0.29, 0.717) is 5.92 Å². The Morgan fingerprint density at radius 1 is 1.21 bits per heavy atom. The molecule has 28 heavy (non-hydrogen) atoms. The molecule has 1 amide bonds. The van der Waals surface area contributed by atoms with Gasteiger partial charge in [-0.05, 0) is 49.2 Å². The average Bonchev–Trinajstić information content (AvgIpc) is 3.01. The number of nitrogens with zero attached hydrogens (tertiary/aromatic N) is 1. The fourth-order valence-electron chi connectivity index (χ4n) is 4.63. The molecular weight excluding hydrogens is 348 g/mol. The number of unbranched alkanes of at least 4 members (excludes halogenated alkanes) is 1. The Morgan fingerprint density at radius 3 is 2.75 bits per heavy atom. The summed E-state index contributed by atoms with van der Waals surface area (Å²) in [7, 11) is 2.26. The number of ether oxygens (including phenoxy) is 1. The smallest absolute Gasteiger partial charge is 0.258 e. The molecular formula is C24H31N2O2+. The third-order valence-electron chi connectivity index (χ3n) is 6.16. The number of hydrogen-bond acceptors (Lipinski definition) is 2. The number of fused-ring (bicyclic) bond motifs is 3. The van der Waals surface area contributed by atoms with Crippen LogP contribution in [0.1, 0.15) is 53.6 Å². The second-order valence-electron chi connectivity index (χ2n) is 8.34. The number of carbonyl (C=O) groups is 1. The summed E-state index contributed by atoms with van der Waals surface area (Å²) in [5.74, 6) is 1.38. The fourth-order valence-corrected chi connectivity index (χ4v) is 4.63. The van der Waals surface area contributed by atoms with Gasteiger partial charge in [-0.15, -0.1) is 0 Å². The van der Waals surface area contributed by atoms with Gasteiger partial charge < -0.3 is 14.5 Å². The molecule has 2 aliphatic heterocycles. The lowest BCUT2D eigenvalue weighted by Crippen LogP contribution is -3.11. The molecule has 2 aromatic rings. The summed E-state index contributed by atoms with van der Waals surface area (Å²) in [4.78, 5) is 17.1. The predicted molar refractivity (Wildman–Crippen MR) is 113 cm³/mol. The first kappa shape index (κ1) is 19.0.